The topological polar surface area (TPSA) is 49.8 Å². The van der Waals surface area contributed by atoms with E-state index in [4.69, 9.17) is 4.74 Å². The smallest absolute Gasteiger partial charge is 0.410 e. The van der Waals surface area contributed by atoms with E-state index < -0.39 is 11.2 Å². The molecule has 1 fully saturated rings. The van der Waals surface area contributed by atoms with Crippen LogP contribution in [0.2, 0.25) is 0 Å². The molecule has 0 aromatic heterocycles. The van der Waals surface area contributed by atoms with Gasteiger partial charge in [-0.1, -0.05) is 13.8 Å². The Balaban J connectivity index is 2.85. The Morgan fingerprint density at radius 3 is 2.30 bits per heavy atom. The summed E-state index contributed by atoms with van der Waals surface area (Å²) >= 11 is 0. The van der Waals surface area contributed by atoms with E-state index in [9.17, 15) is 9.90 Å². The van der Waals surface area contributed by atoms with E-state index in [1.165, 1.54) is 0 Å². The van der Waals surface area contributed by atoms with Crippen LogP contribution < -0.4 is 0 Å². The molecule has 0 aliphatic carbocycles. The Kier molecular flexibility index (Phi) is 4.79. The first-order valence-corrected chi connectivity index (χ1v) is 7.51. The van der Waals surface area contributed by atoms with Gasteiger partial charge in [0.2, 0.25) is 0 Å². The van der Waals surface area contributed by atoms with E-state index in [-0.39, 0.29) is 17.6 Å². The molecule has 0 aromatic rings. The molecule has 1 aliphatic heterocycles. The standard InChI is InChI=1S/C16H31NO3/c1-14(2,3)20-13(18)17-11-15(4,5)9-8-12(17)10-16(6,7)19/h12,19H,8-11H2,1-7H3. The van der Waals surface area contributed by atoms with Gasteiger partial charge in [-0.2, -0.15) is 0 Å². The van der Waals surface area contributed by atoms with Crippen molar-refractivity contribution in [2.45, 2.75) is 85.0 Å². The number of amides is 1. The molecule has 4 nitrogen and oxygen atoms in total. The third-order valence-corrected chi connectivity index (χ3v) is 3.56. The lowest BCUT2D eigenvalue weighted by molar-refractivity contribution is -0.0279. The molecule has 0 spiro atoms. The second kappa shape index (κ2) is 5.55. The Morgan fingerprint density at radius 1 is 1.30 bits per heavy atom. The van der Waals surface area contributed by atoms with E-state index in [0.717, 1.165) is 12.8 Å². The molecule has 1 amide bonds. The summed E-state index contributed by atoms with van der Waals surface area (Å²) in [5, 5.41) is 10.1. The molecule has 0 saturated carbocycles. The highest BCUT2D eigenvalue weighted by molar-refractivity contribution is 5.68. The van der Waals surface area contributed by atoms with Crippen molar-refractivity contribution in [3.63, 3.8) is 0 Å². The predicted octanol–water partition coefficient (Wildman–Crippen LogP) is 3.57. The summed E-state index contributed by atoms with van der Waals surface area (Å²) in [5.74, 6) is 0. The van der Waals surface area contributed by atoms with Crippen molar-refractivity contribution < 1.29 is 14.6 Å². The zero-order chi connectivity index (χ0) is 15.8. The van der Waals surface area contributed by atoms with Gasteiger partial charge in [-0.3, -0.25) is 0 Å². The molecule has 1 heterocycles. The van der Waals surface area contributed by atoms with Crippen LogP contribution in [0.4, 0.5) is 4.79 Å². The largest absolute Gasteiger partial charge is 0.444 e. The molecular weight excluding hydrogens is 254 g/mol. The molecule has 0 radical (unpaired) electrons. The van der Waals surface area contributed by atoms with Crippen LogP contribution in [0.3, 0.4) is 0 Å². The van der Waals surface area contributed by atoms with E-state index in [1.54, 1.807) is 13.8 Å². The number of carbonyl (C=O) groups excluding carboxylic acids is 1. The van der Waals surface area contributed by atoms with Gasteiger partial charge in [-0.05, 0) is 59.3 Å². The quantitative estimate of drug-likeness (QED) is 0.843. The van der Waals surface area contributed by atoms with Gasteiger partial charge in [-0.25, -0.2) is 4.79 Å². The van der Waals surface area contributed by atoms with Crippen LogP contribution >= 0.6 is 0 Å². The van der Waals surface area contributed by atoms with Crippen LogP contribution in [0.25, 0.3) is 0 Å². The van der Waals surface area contributed by atoms with Gasteiger partial charge in [0.1, 0.15) is 5.60 Å². The van der Waals surface area contributed by atoms with Crippen LogP contribution in [0.1, 0.15) is 67.7 Å². The second-order valence-electron chi connectivity index (χ2n) is 8.48. The van der Waals surface area contributed by atoms with Gasteiger partial charge in [0.25, 0.3) is 0 Å². The molecule has 1 atom stereocenters. The lowest BCUT2D eigenvalue weighted by atomic mass is 9.79. The first-order chi connectivity index (χ1) is 8.79. The molecule has 1 N–H and O–H groups in total. The number of piperidine rings is 1. The van der Waals surface area contributed by atoms with Crippen LogP contribution in [0.15, 0.2) is 0 Å². The molecule has 0 bridgehead atoms. The van der Waals surface area contributed by atoms with Crippen LogP contribution in [0.5, 0.6) is 0 Å². The molecular formula is C16H31NO3. The van der Waals surface area contributed by atoms with Gasteiger partial charge >= 0.3 is 6.09 Å². The SMILES string of the molecule is CC(C)(O)CC1CCC(C)(C)CN1C(=O)OC(C)(C)C. The first kappa shape index (κ1) is 17.3. The molecule has 118 valence electrons. The lowest BCUT2D eigenvalue weighted by Gasteiger charge is -2.45. The highest BCUT2D eigenvalue weighted by Gasteiger charge is 2.39. The minimum absolute atomic E-state index is 0.0536. The fourth-order valence-electron chi connectivity index (χ4n) is 2.71. The number of aliphatic hydroxyl groups is 1. The summed E-state index contributed by atoms with van der Waals surface area (Å²) in [6, 6.07) is 0.0536. The van der Waals surface area contributed by atoms with Crippen molar-refractivity contribution in [2.75, 3.05) is 6.54 Å². The zero-order valence-corrected chi connectivity index (χ0v) is 14.1. The summed E-state index contributed by atoms with van der Waals surface area (Å²) < 4.78 is 5.52. The van der Waals surface area contributed by atoms with Gasteiger partial charge in [0.05, 0.1) is 5.60 Å². The van der Waals surface area contributed by atoms with Crippen molar-refractivity contribution in [3.05, 3.63) is 0 Å². The number of nitrogens with zero attached hydrogens (tertiary/aromatic N) is 1. The zero-order valence-electron chi connectivity index (χ0n) is 14.1. The maximum absolute atomic E-state index is 12.4. The van der Waals surface area contributed by atoms with Crippen molar-refractivity contribution in [1.82, 2.24) is 4.90 Å². The molecule has 1 rings (SSSR count). The minimum atomic E-state index is -0.771. The van der Waals surface area contributed by atoms with Gasteiger partial charge in [0.15, 0.2) is 0 Å². The minimum Gasteiger partial charge on any atom is -0.444 e. The summed E-state index contributed by atoms with van der Waals surface area (Å²) in [4.78, 5) is 14.2. The van der Waals surface area contributed by atoms with Crippen molar-refractivity contribution in [3.8, 4) is 0 Å². The molecule has 0 aromatic carbocycles. The number of carbonyl (C=O) groups is 1. The monoisotopic (exact) mass is 285 g/mol. The average Bonchev–Trinajstić information content (AvgIpc) is 2.16. The Bertz CT molecular complexity index is 350. The third-order valence-electron chi connectivity index (χ3n) is 3.56. The summed E-state index contributed by atoms with van der Waals surface area (Å²) in [6.45, 7) is 14.2. The van der Waals surface area contributed by atoms with Crippen molar-refractivity contribution in [1.29, 1.82) is 0 Å². The number of rotatable bonds is 2. The molecule has 1 aliphatic rings. The van der Waals surface area contributed by atoms with Crippen molar-refractivity contribution >= 4 is 6.09 Å². The average molecular weight is 285 g/mol. The molecule has 4 heteroatoms. The van der Waals surface area contributed by atoms with E-state index in [0.29, 0.717) is 13.0 Å². The fraction of sp³-hybridized carbons (Fsp3) is 0.938. The van der Waals surface area contributed by atoms with Crippen LogP contribution in [0, 0.1) is 5.41 Å². The van der Waals surface area contributed by atoms with Crippen molar-refractivity contribution in [2.24, 2.45) is 5.41 Å². The van der Waals surface area contributed by atoms with E-state index >= 15 is 0 Å². The third kappa shape index (κ3) is 5.70. The normalized spacial score (nSPS) is 23.6. The van der Waals surface area contributed by atoms with Gasteiger partial charge < -0.3 is 14.7 Å². The molecule has 1 unspecified atom stereocenters. The number of likely N-dealkylation sites (tertiary alicyclic amines) is 1. The molecule has 20 heavy (non-hydrogen) atoms. The van der Waals surface area contributed by atoms with Gasteiger partial charge in [-0.15, -0.1) is 0 Å². The second-order valence-corrected chi connectivity index (χ2v) is 8.48. The van der Waals surface area contributed by atoms with E-state index in [1.807, 2.05) is 25.7 Å². The highest BCUT2D eigenvalue weighted by atomic mass is 16.6. The van der Waals surface area contributed by atoms with Crippen LogP contribution in [-0.4, -0.2) is 39.9 Å². The molecule has 1 saturated heterocycles. The number of ether oxygens (including phenoxy) is 1. The lowest BCUT2D eigenvalue weighted by Crippen LogP contribution is -2.53. The Morgan fingerprint density at radius 2 is 1.85 bits per heavy atom. The number of hydrogen-bond donors (Lipinski definition) is 1. The number of hydrogen-bond acceptors (Lipinski definition) is 3. The van der Waals surface area contributed by atoms with Crippen LogP contribution in [-0.2, 0) is 4.74 Å². The van der Waals surface area contributed by atoms with Gasteiger partial charge in [0, 0.05) is 12.6 Å². The summed E-state index contributed by atoms with van der Waals surface area (Å²) in [5.41, 5.74) is -1.16. The first-order valence-electron chi connectivity index (χ1n) is 7.51. The summed E-state index contributed by atoms with van der Waals surface area (Å²) in [6.07, 6.45) is 2.30. The predicted molar refractivity (Wildman–Crippen MR) is 80.7 cm³/mol. The fourth-order valence-corrected chi connectivity index (χ4v) is 2.71. The maximum atomic E-state index is 12.4. The Hall–Kier alpha value is -0.770. The maximum Gasteiger partial charge on any atom is 0.410 e. The summed E-state index contributed by atoms with van der Waals surface area (Å²) in [7, 11) is 0. The Labute approximate surface area is 123 Å². The highest BCUT2D eigenvalue weighted by Crippen LogP contribution is 2.35. The van der Waals surface area contributed by atoms with E-state index in [2.05, 4.69) is 13.8 Å².